The van der Waals surface area contributed by atoms with Gasteiger partial charge >= 0.3 is 0 Å². The summed E-state index contributed by atoms with van der Waals surface area (Å²) in [6, 6.07) is 4.60. The van der Waals surface area contributed by atoms with Gasteiger partial charge in [-0.15, -0.1) is 24.8 Å². The van der Waals surface area contributed by atoms with E-state index >= 15 is 0 Å². The molecule has 1 atom stereocenters. The van der Waals surface area contributed by atoms with Gasteiger partial charge in [-0.05, 0) is 31.0 Å². The molecule has 0 saturated carbocycles. The number of pyridine rings is 1. The molecule has 0 aromatic carbocycles. The molecule has 2 heterocycles. The van der Waals surface area contributed by atoms with Gasteiger partial charge in [0, 0.05) is 24.9 Å². The fourth-order valence-electron chi connectivity index (χ4n) is 2.43. The second-order valence-electron chi connectivity index (χ2n) is 4.60. The number of halogens is 2. The fourth-order valence-corrected chi connectivity index (χ4v) is 2.43. The zero-order valence-electron chi connectivity index (χ0n) is 11.5. The Morgan fingerprint density at radius 3 is 2.85 bits per heavy atom. The maximum absolute atomic E-state index is 8.71. The van der Waals surface area contributed by atoms with E-state index in [4.69, 9.17) is 5.11 Å². The summed E-state index contributed by atoms with van der Waals surface area (Å²) >= 11 is 0. The second kappa shape index (κ2) is 10.9. The third kappa shape index (κ3) is 5.68. The van der Waals surface area contributed by atoms with Crippen molar-refractivity contribution < 1.29 is 5.11 Å². The van der Waals surface area contributed by atoms with Crippen LogP contribution in [0.3, 0.4) is 0 Å². The summed E-state index contributed by atoms with van der Waals surface area (Å²) in [5, 5.41) is 8.71. The lowest BCUT2D eigenvalue weighted by Gasteiger charge is -2.34. The number of aromatic nitrogens is 1. The minimum absolute atomic E-state index is 0. The van der Waals surface area contributed by atoms with Crippen LogP contribution in [-0.4, -0.2) is 34.7 Å². The van der Waals surface area contributed by atoms with Crippen LogP contribution in [0.15, 0.2) is 24.5 Å². The Morgan fingerprint density at radius 1 is 1.30 bits per heavy atom. The molecule has 1 saturated heterocycles. The molecule has 20 heavy (non-hydrogen) atoms. The van der Waals surface area contributed by atoms with Crippen LogP contribution in [0.2, 0.25) is 0 Å². The highest BCUT2D eigenvalue weighted by Gasteiger charge is 2.22. The maximum atomic E-state index is 8.71. The molecule has 0 bridgehead atoms. The van der Waals surface area contributed by atoms with Crippen LogP contribution in [0, 0.1) is 11.8 Å². The monoisotopic (exact) mass is 316 g/mol. The molecule has 0 radical (unpaired) electrons. The summed E-state index contributed by atoms with van der Waals surface area (Å²) in [7, 11) is 0. The molecule has 112 valence electrons. The quantitative estimate of drug-likeness (QED) is 0.871. The van der Waals surface area contributed by atoms with Crippen molar-refractivity contribution in [2.45, 2.75) is 31.7 Å². The summed E-state index contributed by atoms with van der Waals surface area (Å²) in [5.41, 5.74) is 1.29. The molecule has 5 heteroatoms. The van der Waals surface area contributed by atoms with E-state index in [1.165, 1.54) is 24.8 Å². The number of likely N-dealkylation sites (tertiary alicyclic amines) is 1. The first-order valence-corrected chi connectivity index (χ1v) is 6.62. The average Bonchev–Trinajstić information content (AvgIpc) is 2.45. The Morgan fingerprint density at radius 2 is 2.15 bits per heavy atom. The van der Waals surface area contributed by atoms with Crippen molar-refractivity contribution in [1.29, 1.82) is 0 Å². The van der Waals surface area contributed by atoms with E-state index in [1.807, 2.05) is 18.5 Å². The molecule has 1 aliphatic rings. The predicted octanol–water partition coefficient (Wildman–Crippen LogP) is 2.84. The fraction of sp³-hybridized carbons (Fsp3) is 0.533. The molecule has 0 amide bonds. The van der Waals surface area contributed by atoms with Crippen molar-refractivity contribution >= 4 is 24.8 Å². The molecule has 1 N–H and O–H groups in total. The van der Waals surface area contributed by atoms with Gasteiger partial charge in [0.15, 0.2) is 0 Å². The van der Waals surface area contributed by atoms with Crippen molar-refractivity contribution in [1.82, 2.24) is 9.88 Å². The number of piperidine rings is 1. The van der Waals surface area contributed by atoms with Gasteiger partial charge < -0.3 is 5.11 Å². The van der Waals surface area contributed by atoms with Gasteiger partial charge in [0.1, 0.15) is 0 Å². The van der Waals surface area contributed by atoms with E-state index < -0.39 is 0 Å². The maximum Gasteiger partial charge on any atom is 0.0606 e. The number of aliphatic hydroxyl groups excluding tert-OH is 1. The highest BCUT2D eigenvalue weighted by atomic mass is 35.5. The Balaban J connectivity index is 0.00000180. The SMILES string of the molecule is Cl.Cl.OCCC#CCN1CCCC[C@@H]1c1cccnc1. The molecular formula is C15H22Cl2N2O. The summed E-state index contributed by atoms with van der Waals surface area (Å²) < 4.78 is 0. The van der Waals surface area contributed by atoms with E-state index in [9.17, 15) is 0 Å². The van der Waals surface area contributed by atoms with Crippen LogP contribution in [0.5, 0.6) is 0 Å². The molecule has 3 nitrogen and oxygen atoms in total. The van der Waals surface area contributed by atoms with Crippen molar-refractivity contribution in [2.75, 3.05) is 19.7 Å². The van der Waals surface area contributed by atoms with E-state index in [0.717, 1.165) is 13.1 Å². The van der Waals surface area contributed by atoms with Crippen molar-refractivity contribution in [2.24, 2.45) is 0 Å². The van der Waals surface area contributed by atoms with Gasteiger partial charge in [-0.25, -0.2) is 0 Å². The third-order valence-corrected chi connectivity index (χ3v) is 3.33. The summed E-state index contributed by atoms with van der Waals surface area (Å²) in [5.74, 6) is 6.15. The van der Waals surface area contributed by atoms with Crippen molar-refractivity contribution in [3.8, 4) is 11.8 Å². The van der Waals surface area contributed by atoms with Crippen molar-refractivity contribution in [3.05, 3.63) is 30.1 Å². The minimum Gasteiger partial charge on any atom is -0.395 e. The minimum atomic E-state index is 0. The summed E-state index contributed by atoms with van der Waals surface area (Å²) in [6.07, 6.45) is 8.07. The smallest absolute Gasteiger partial charge is 0.0606 e. The number of rotatable bonds is 3. The van der Waals surface area contributed by atoms with E-state index in [-0.39, 0.29) is 31.4 Å². The second-order valence-corrected chi connectivity index (χ2v) is 4.60. The number of nitrogens with zero attached hydrogens (tertiary/aromatic N) is 2. The molecule has 2 rings (SSSR count). The summed E-state index contributed by atoms with van der Waals surface area (Å²) in [6.45, 7) is 2.05. The van der Waals surface area contributed by atoms with Crippen LogP contribution in [0.4, 0.5) is 0 Å². The van der Waals surface area contributed by atoms with Gasteiger partial charge in [0.2, 0.25) is 0 Å². The van der Waals surface area contributed by atoms with Crippen LogP contribution >= 0.6 is 24.8 Å². The van der Waals surface area contributed by atoms with E-state index in [0.29, 0.717) is 12.5 Å². The first-order valence-electron chi connectivity index (χ1n) is 6.62. The summed E-state index contributed by atoms with van der Waals surface area (Å²) in [4.78, 5) is 6.63. The Kier molecular flexibility index (Phi) is 10.5. The molecule has 1 fully saturated rings. The van der Waals surface area contributed by atoms with Crippen LogP contribution in [0.1, 0.15) is 37.3 Å². The molecular weight excluding hydrogens is 295 g/mol. The lowest BCUT2D eigenvalue weighted by atomic mass is 9.96. The zero-order chi connectivity index (χ0) is 12.6. The molecule has 0 spiro atoms. The number of aliphatic hydroxyl groups is 1. The third-order valence-electron chi connectivity index (χ3n) is 3.33. The Bertz CT molecular complexity index is 417. The lowest BCUT2D eigenvalue weighted by Crippen LogP contribution is -2.33. The van der Waals surface area contributed by atoms with Crippen molar-refractivity contribution in [3.63, 3.8) is 0 Å². The lowest BCUT2D eigenvalue weighted by molar-refractivity contribution is 0.169. The van der Waals surface area contributed by atoms with Gasteiger partial charge in [0.25, 0.3) is 0 Å². The molecule has 0 aliphatic carbocycles. The van der Waals surface area contributed by atoms with Gasteiger partial charge in [-0.2, -0.15) is 0 Å². The first kappa shape index (κ1) is 19.2. The highest BCUT2D eigenvalue weighted by Crippen LogP contribution is 2.29. The Labute approximate surface area is 133 Å². The van der Waals surface area contributed by atoms with Gasteiger partial charge in [-0.1, -0.05) is 24.3 Å². The van der Waals surface area contributed by atoms with Gasteiger partial charge in [-0.3, -0.25) is 9.88 Å². The van der Waals surface area contributed by atoms with E-state index in [1.54, 1.807) is 0 Å². The molecule has 0 unspecified atom stereocenters. The largest absolute Gasteiger partial charge is 0.395 e. The van der Waals surface area contributed by atoms with E-state index in [2.05, 4.69) is 27.8 Å². The van der Waals surface area contributed by atoms with Gasteiger partial charge in [0.05, 0.1) is 13.2 Å². The number of hydrogen-bond donors (Lipinski definition) is 1. The molecule has 1 aliphatic heterocycles. The molecule has 1 aromatic rings. The van der Waals surface area contributed by atoms with Crippen LogP contribution in [0.25, 0.3) is 0 Å². The normalized spacial score (nSPS) is 18.1. The predicted molar refractivity (Wildman–Crippen MR) is 86.4 cm³/mol. The first-order chi connectivity index (χ1) is 8.92. The average molecular weight is 317 g/mol. The zero-order valence-corrected chi connectivity index (χ0v) is 13.1. The molecule has 1 aromatic heterocycles. The van der Waals surface area contributed by atoms with Crippen LogP contribution in [-0.2, 0) is 0 Å². The Hall–Kier alpha value is -0.790. The topological polar surface area (TPSA) is 36.4 Å². The standard InChI is InChI=1S/C15H20N2O.2ClH/c18-12-5-1-3-10-17-11-4-2-8-15(17)14-7-6-9-16-13-14;;/h6-7,9,13,15,18H,2,4-5,8,10-12H2;2*1H/t15-;;/m1../s1. The number of hydrogen-bond acceptors (Lipinski definition) is 3. The highest BCUT2D eigenvalue weighted by molar-refractivity contribution is 5.85. The van der Waals surface area contributed by atoms with Crippen LogP contribution < -0.4 is 0 Å².